The number of benzene rings is 3. The van der Waals surface area contributed by atoms with Crippen molar-refractivity contribution in [2.75, 3.05) is 4.90 Å². The van der Waals surface area contributed by atoms with Crippen molar-refractivity contribution in [2.45, 2.75) is 24.9 Å². The maximum Gasteiger partial charge on any atom is 0.325 e. The van der Waals surface area contributed by atoms with Crippen molar-refractivity contribution in [2.24, 2.45) is 11.8 Å². The van der Waals surface area contributed by atoms with E-state index in [0.717, 1.165) is 15.8 Å². The number of amides is 2. The fourth-order valence-electron chi connectivity index (χ4n) is 5.87. The number of nitrogens with one attached hydrogen (secondary N) is 1. The number of non-ortho nitro benzene ring substituents is 1. The number of para-hydroxylation sites is 1. The number of halogens is 1. The number of aliphatic carboxylic acids is 1. The van der Waals surface area contributed by atoms with Crippen molar-refractivity contribution >= 4 is 51.7 Å². The lowest BCUT2D eigenvalue weighted by molar-refractivity contribution is -0.384. The van der Waals surface area contributed by atoms with Crippen LogP contribution in [-0.2, 0) is 20.8 Å². The van der Waals surface area contributed by atoms with Gasteiger partial charge in [0.15, 0.2) is 0 Å². The number of carbonyl (C=O) groups is 3. The van der Waals surface area contributed by atoms with Crippen molar-refractivity contribution in [1.29, 1.82) is 0 Å². The summed E-state index contributed by atoms with van der Waals surface area (Å²) < 4.78 is 6.05. The molecule has 202 valence electrons. The number of anilines is 1. The molecule has 2 fully saturated rings. The standard InChI is InChI=1S/C29H22ClN3O7/c1-15-6-9-19(13-20(15)30)32-26(34)23-24(27(32)35)29(28(36)37,14-16-7-10-18(11-8-16)33(38)39)31-25(23)22-12-17-4-2-3-5-21(17)40-22/h2-13,23-25,31H,14H2,1H3,(H,36,37). The summed E-state index contributed by atoms with van der Waals surface area (Å²) in [7, 11) is 0. The van der Waals surface area contributed by atoms with E-state index < -0.39 is 46.1 Å². The zero-order valence-electron chi connectivity index (χ0n) is 21.0. The normalized spacial score (nSPS) is 24.1. The van der Waals surface area contributed by atoms with Gasteiger partial charge >= 0.3 is 5.97 Å². The van der Waals surface area contributed by atoms with Crippen LogP contribution in [0.25, 0.3) is 11.0 Å². The number of imide groups is 1. The highest BCUT2D eigenvalue weighted by molar-refractivity contribution is 6.32. The molecule has 0 saturated carbocycles. The summed E-state index contributed by atoms with van der Waals surface area (Å²) in [6, 6.07) is 18.3. The van der Waals surface area contributed by atoms with Gasteiger partial charge in [-0.1, -0.05) is 48.0 Å². The average molecular weight is 560 g/mol. The molecule has 2 N–H and O–H groups in total. The van der Waals surface area contributed by atoms with E-state index in [1.807, 2.05) is 12.1 Å². The third-order valence-electron chi connectivity index (χ3n) is 7.83. The van der Waals surface area contributed by atoms with Crippen LogP contribution in [-0.4, -0.2) is 33.4 Å². The van der Waals surface area contributed by atoms with Crippen LogP contribution >= 0.6 is 11.6 Å². The predicted octanol–water partition coefficient (Wildman–Crippen LogP) is 4.82. The smallest absolute Gasteiger partial charge is 0.325 e. The number of carboxylic acids is 1. The van der Waals surface area contributed by atoms with Crippen LogP contribution in [0.1, 0.15) is 22.9 Å². The molecule has 0 aliphatic carbocycles. The highest BCUT2D eigenvalue weighted by Gasteiger charge is 2.69. The summed E-state index contributed by atoms with van der Waals surface area (Å²) in [5, 5.41) is 26.0. The highest BCUT2D eigenvalue weighted by atomic mass is 35.5. The van der Waals surface area contributed by atoms with E-state index in [9.17, 15) is 29.6 Å². The lowest BCUT2D eigenvalue weighted by Gasteiger charge is -2.31. The van der Waals surface area contributed by atoms with Crippen LogP contribution in [0.2, 0.25) is 5.02 Å². The van der Waals surface area contributed by atoms with Gasteiger partial charge in [-0.15, -0.1) is 0 Å². The van der Waals surface area contributed by atoms with E-state index in [1.165, 1.54) is 30.3 Å². The Balaban J connectivity index is 1.49. The third kappa shape index (κ3) is 3.87. The Morgan fingerprint density at radius 1 is 1.10 bits per heavy atom. The molecule has 2 saturated heterocycles. The maximum atomic E-state index is 14.0. The van der Waals surface area contributed by atoms with Crippen molar-refractivity contribution < 1.29 is 28.8 Å². The Kier molecular flexibility index (Phi) is 5.97. The molecule has 6 rings (SSSR count). The summed E-state index contributed by atoms with van der Waals surface area (Å²) >= 11 is 6.31. The second kappa shape index (κ2) is 9.29. The van der Waals surface area contributed by atoms with Crippen molar-refractivity contribution in [3.8, 4) is 0 Å². The van der Waals surface area contributed by atoms with Gasteiger partial charge < -0.3 is 9.52 Å². The molecule has 4 atom stereocenters. The fraction of sp³-hybridized carbons (Fsp3) is 0.207. The van der Waals surface area contributed by atoms with Gasteiger partial charge in [0.1, 0.15) is 16.9 Å². The number of carbonyl (C=O) groups excluding carboxylic acids is 2. The molecule has 0 spiro atoms. The largest absolute Gasteiger partial charge is 0.480 e. The van der Waals surface area contributed by atoms with Crippen LogP contribution in [0.15, 0.2) is 77.2 Å². The summed E-state index contributed by atoms with van der Waals surface area (Å²) in [5.74, 6) is -4.64. The first kappa shape index (κ1) is 25.7. The number of nitro groups is 1. The Bertz CT molecular complexity index is 1680. The molecule has 1 aromatic heterocycles. The fourth-order valence-corrected chi connectivity index (χ4v) is 6.05. The number of hydrogen-bond donors (Lipinski definition) is 2. The van der Waals surface area contributed by atoms with Gasteiger partial charge in [-0.25, -0.2) is 4.90 Å². The minimum Gasteiger partial charge on any atom is -0.480 e. The van der Waals surface area contributed by atoms with E-state index in [-0.39, 0.29) is 17.8 Å². The van der Waals surface area contributed by atoms with Crippen molar-refractivity contribution in [3.05, 3.63) is 105 Å². The molecule has 2 aliphatic heterocycles. The minimum atomic E-state index is -1.92. The number of rotatable bonds is 6. The number of carboxylic acid groups (broad SMARTS) is 1. The molecule has 4 aromatic rings. The summed E-state index contributed by atoms with van der Waals surface area (Å²) in [6.07, 6.45) is -0.209. The van der Waals surface area contributed by atoms with Gasteiger partial charge in [0.2, 0.25) is 11.8 Å². The summed E-state index contributed by atoms with van der Waals surface area (Å²) in [6.45, 7) is 1.79. The Morgan fingerprint density at radius 3 is 2.48 bits per heavy atom. The Labute approximate surface area is 232 Å². The first-order valence-corrected chi connectivity index (χ1v) is 12.9. The number of fused-ring (bicyclic) bond motifs is 2. The molecule has 2 aliphatic rings. The summed E-state index contributed by atoms with van der Waals surface area (Å²) in [4.78, 5) is 52.7. The SMILES string of the molecule is Cc1ccc(N2C(=O)C3C(c4cc5ccccc5o4)NC(Cc4ccc([N+](=O)[O-])cc4)(C(=O)O)C3C2=O)cc1Cl. The molecule has 0 bridgehead atoms. The molecule has 11 heteroatoms. The Hall–Kier alpha value is -4.54. The van der Waals surface area contributed by atoms with Crippen LogP contribution in [0.3, 0.4) is 0 Å². The van der Waals surface area contributed by atoms with Crippen molar-refractivity contribution in [3.63, 3.8) is 0 Å². The molecule has 3 aromatic carbocycles. The molecule has 4 unspecified atom stereocenters. The van der Waals surface area contributed by atoms with Gasteiger partial charge in [-0.2, -0.15) is 0 Å². The zero-order chi connectivity index (χ0) is 28.3. The number of nitro benzene ring substituents is 1. The van der Waals surface area contributed by atoms with Gasteiger partial charge in [-0.05, 0) is 42.3 Å². The molecule has 40 heavy (non-hydrogen) atoms. The monoisotopic (exact) mass is 559 g/mol. The molecule has 0 radical (unpaired) electrons. The highest BCUT2D eigenvalue weighted by Crippen LogP contribution is 2.51. The minimum absolute atomic E-state index is 0.153. The Morgan fingerprint density at radius 2 is 1.82 bits per heavy atom. The predicted molar refractivity (Wildman–Crippen MR) is 145 cm³/mol. The van der Waals surface area contributed by atoms with E-state index in [2.05, 4.69) is 5.32 Å². The third-order valence-corrected chi connectivity index (χ3v) is 8.24. The first-order valence-electron chi connectivity index (χ1n) is 12.5. The zero-order valence-corrected chi connectivity index (χ0v) is 21.8. The maximum absolute atomic E-state index is 14.0. The van der Waals surface area contributed by atoms with Gasteiger partial charge in [0.05, 0.1) is 28.5 Å². The van der Waals surface area contributed by atoms with Gasteiger partial charge in [0, 0.05) is 29.0 Å². The number of hydrogen-bond acceptors (Lipinski definition) is 7. The molecular formula is C29H22ClN3O7. The summed E-state index contributed by atoms with van der Waals surface area (Å²) in [5.41, 5.74) is -0.0670. The van der Waals surface area contributed by atoms with E-state index in [0.29, 0.717) is 21.9 Å². The van der Waals surface area contributed by atoms with E-state index >= 15 is 0 Å². The van der Waals surface area contributed by atoms with E-state index in [1.54, 1.807) is 37.3 Å². The molecular weight excluding hydrogens is 538 g/mol. The number of nitrogens with zero attached hydrogens (tertiary/aromatic N) is 2. The van der Waals surface area contributed by atoms with Gasteiger partial charge in [-0.3, -0.25) is 29.8 Å². The number of aryl methyl sites for hydroxylation is 1. The molecule has 2 amide bonds. The average Bonchev–Trinajstić information content (AvgIpc) is 3.58. The second-order valence-electron chi connectivity index (χ2n) is 10.1. The van der Waals surface area contributed by atoms with Crippen molar-refractivity contribution in [1.82, 2.24) is 5.32 Å². The lowest BCUT2D eigenvalue weighted by atomic mass is 9.76. The number of furan rings is 1. The van der Waals surface area contributed by atoms with Crippen LogP contribution in [0.4, 0.5) is 11.4 Å². The van der Waals surface area contributed by atoms with Gasteiger partial charge in [0.25, 0.3) is 5.69 Å². The second-order valence-corrected chi connectivity index (χ2v) is 10.5. The molecule has 10 nitrogen and oxygen atoms in total. The van der Waals surface area contributed by atoms with E-state index in [4.69, 9.17) is 16.0 Å². The topological polar surface area (TPSA) is 143 Å². The van der Waals surface area contributed by atoms with Crippen LogP contribution in [0.5, 0.6) is 0 Å². The first-order chi connectivity index (χ1) is 19.1. The quantitative estimate of drug-likeness (QED) is 0.194. The molecule has 3 heterocycles. The van der Waals surface area contributed by atoms with Crippen LogP contribution < -0.4 is 10.2 Å². The van der Waals surface area contributed by atoms with Crippen LogP contribution in [0, 0.1) is 28.9 Å². The lowest BCUT2D eigenvalue weighted by Crippen LogP contribution is -2.57.